The van der Waals surface area contributed by atoms with Crippen molar-refractivity contribution in [3.05, 3.63) is 71.1 Å². The molecule has 0 aliphatic rings. The SMILES string of the molecule is COc1ccc(C#CCNS(=O)(=O)/C=C/c2ccccc2)cc1. The molecule has 0 saturated carbocycles. The Morgan fingerprint density at radius 3 is 2.43 bits per heavy atom. The Bertz CT molecular complexity index is 814. The molecule has 118 valence electrons. The van der Waals surface area contributed by atoms with Crippen molar-refractivity contribution in [2.24, 2.45) is 0 Å². The zero-order chi connectivity index (χ0) is 16.5. The van der Waals surface area contributed by atoms with Gasteiger partial charge in [-0.2, -0.15) is 4.72 Å². The first-order valence-electron chi connectivity index (χ1n) is 6.95. The van der Waals surface area contributed by atoms with E-state index in [1.165, 1.54) is 0 Å². The van der Waals surface area contributed by atoms with Crippen LogP contribution < -0.4 is 9.46 Å². The Morgan fingerprint density at radius 1 is 1.09 bits per heavy atom. The molecular formula is C18H17NO3S. The van der Waals surface area contributed by atoms with E-state index in [1.54, 1.807) is 25.3 Å². The van der Waals surface area contributed by atoms with Gasteiger partial charge in [-0.15, -0.1) is 0 Å². The highest BCUT2D eigenvalue weighted by Crippen LogP contribution is 2.10. The standard InChI is InChI=1S/C18H17NO3S/c1-22-18-11-9-17(10-12-18)8-5-14-19-23(20,21)15-13-16-6-3-2-4-7-16/h2-4,6-7,9-13,15,19H,14H2,1H3/b15-13+. The van der Waals surface area contributed by atoms with Crippen LogP contribution in [0.2, 0.25) is 0 Å². The average molecular weight is 327 g/mol. The van der Waals surface area contributed by atoms with Gasteiger partial charge in [0, 0.05) is 11.0 Å². The van der Waals surface area contributed by atoms with Crippen molar-refractivity contribution in [1.82, 2.24) is 4.72 Å². The Hall–Kier alpha value is -2.55. The summed E-state index contributed by atoms with van der Waals surface area (Å²) in [7, 11) is -1.90. The summed E-state index contributed by atoms with van der Waals surface area (Å²) in [5.74, 6) is 6.42. The maximum absolute atomic E-state index is 11.8. The van der Waals surface area contributed by atoms with Crippen molar-refractivity contribution in [2.45, 2.75) is 0 Å². The molecule has 0 saturated heterocycles. The van der Waals surface area contributed by atoms with Gasteiger partial charge in [0.15, 0.2) is 0 Å². The highest BCUT2D eigenvalue weighted by molar-refractivity contribution is 7.92. The zero-order valence-electron chi connectivity index (χ0n) is 12.7. The predicted octanol–water partition coefficient (Wildman–Crippen LogP) is 2.64. The van der Waals surface area contributed by atoms with E-state index in [0.29, 0.717) is 0 Å². The molecule has 2 rings (SSSR count). The second-order valence-corrected chi connectivity index (χ2v) is 6.26. The number of hydrogen-bond donors (Lipinski definition) is 1. The molecule has 0 spiro atoms. The highest BCUT2D eigenvalue weighted by Gasteiger charge is 2.02. The summed E-state index contributed by atoms with van der Waals surface area (Å²) in [6, 6.07) is 16.5. The van der Waals surface area contributed by atoms with Crippen LogP contribution in [0.1, 0.15) is 11.1 Å². The lowest BCUT2D eigenvalue weighted by atomic mass is 10.2. The second-order valence-electron chi connectivity index (χ2n) is 4.61. The van der Waals surface area contributed by atoms with E-state index in [0.717, 1.165) is 22.3 Å². The fourth-order valence-corrected chi connectivity index (χ4v) is 2.44. The van der Waals surface area contributed by atoms with E-state index in [1.807, 2.05) is 42.5 Å². The molecule has 1 N–H and O–H groups in total. The molecular weight excluding hydrogens is 310 g/mol. The molecule has 0 bridgehead atoms. The molecule has 0 heterocycles. The normalized spacial score (nSPS) is 11.0. The van der Waals surface area contributed by atoms with Crippen LogP contribution in [0.4, 0.5) is 0 Å². The van der Waals surface area contributed by atoms with E-state index in [4.69, 9.17) is 4.74 Å². The third kappa shape index (κ3) is 5.99. The van der Waals surface area contributed by atoms with Crippen LogP contribution in [-0.2, 0) is 10.0 Å². The number of rotatable bonds is 5. The molecule has 0 aromatic heterocycles. The summed E-state index contributed by atoms with van der Waals surface area (Å²) in [6.45, 7) is 0.0491. The van der Waals surface area contributed by atoms with Crippen LogP contribution in [-0.4, -0.2) is 22.1 Å². The number of ether oxygens (including phenoxy) is 1. The topological polar surface area (TPSA) is 55.4 Å². The summed E-state index contributed by atoms with van der Waals surface area (Å²) in [5, 5.41) is 1.14. The van der Waals surface area contributed by atoms with E-state index in [2.05, 4.69) is 16.6 Å². The van der Waals surface area contributed by atoms with E-state index in [-0.39, 0.29) is 6.54 Å². The zero-order valence-corrected chi connectivity index (χ0v) is 13.5. The van der Waals surface area contributed by atoms with Gasteiger partial charge in [-0.05, 0) is 35.9 Å². The Labute approximate surface area is 136 Å². The van der Waals surface area contributed by atoms with Gasteiger partial charge in [-0.3, -0.25) is 0 Å². The lowest BCUT2D eigenvalue weighted by Gasteiger charge is -1.98. The van der Waals surface area contributed by atoms with Gasteiger partial charge in [-0.25, -0.2) is 8.42 Å². The van der Waals surface area contributed by atoms with Crippen molar-refractivity contribution < 1.29 is 13.2 Å². The van der Waals surface area contributed by atoms with Gasteiger partial charge in [0.25, 0.3) is 0 Å². The first-order valence-corrected chi connectivity index (χ1v) is 8.49. The molecule has 23 heavy (non-hydrogen) atoms. The van der Waals surface area contributed by atoms with Crippen LogP contribution in [0.25, 0.3) is 6.08 Å². The van der Waals surface area contributed by atoms with Gasteiger partial charge in [0.05, 0.1) is 13.7 Å². The van der Waals surface area contributed by atoms with Crippen molar-refractivity contribution >= 4 is 16.1 Å². The largest absolute Gasteiger partial charge is 0.497 e. The van der Waals surface area contributed by atoms with Crippen LogP contribution in [0.15, 0.2) is 60.0 Å². The van der Waals surface area contributed by atoms with Crippen molar-refractivity contribution in [1.29, 1.82) is 0 Å². The predicted molar refractivity (Wildman–Crippen MR) is 92.3 cm³/mol. The number of hydrogen-bond acceptors (Lipinski definition) is 3. The summed E-state index contributed by atoms with van der Waals surface area (Å²) in [5.41, 5.74) is 1.62. The summed E-state index contributed by atoms with van der Waals surface area (Å²) in [4.78, 5) is 0. The quantitative estimate of drug-likeness (QED) is 0.859. The minimum atomic E-state index is -3.50. The minimum Gasteiger partial charge on any atom is -0.497 e. The molecule has 0 unspecified atom stereocenters. The second kappa shape index (κ2) is 8.18. The fraction of sp³-hybridized carbons (Fsp3) is 0.111. The van der Waals surface area contributed by atoms with Crippen LogP contribution in [0, 0.1) is 11.8 Å². The maximum atomic E-state index is 11.8. The molecule has 0 radical (unpaired) electrons. The fourth-order valence-electron chi connectivity index (χ4n) is 1.74. The molecule has 0 aliphatic carbocycles. The van der Waals surface area contributed by atoms with Gasteiger partial charge in [-0.1, -0.05) is 42.2 Å². The van der Waals surface area contributed by atoms with Crippen LogP contribution >= 0.6 is 0 Å². The first kappa shape index (κ1) is 16.8. The smallest absolute Gasteiger partial charge is 0.234 e. The third-order valence-corrected chi connectivity index (χ3v) is 3.96. The summed E-state index contributed by atoms with van der Waals surface area (Å²) >= 11 is 0. The minimum absolute atomic E-state index is 0.0491. The lowest BCUT2D eigenvalue weighted by Crippen LogP contribution is -2.21. The van der Waals surface area contributed by atoms with Crippen molar-refractivity contribution in [3.8, 4) is 17.6 Å². The van der Waals surface area contributed by atoms with Crippen molar-refractivity contribution in [3.63, 3.8) is 0 Å². The summed E-state index contributed by atoms with van der Waals surface area (Å²) < 4.78 is 31.1. The number of benzene rings is 2. The Morgan fingerprint density at radius 2 is 1.78 bits per heavy atom. The average Bonchev–Trinajstić information content (AvgIpc) is 2.58. The summed E-state index contributed by atoms with van der Waals surface area (Å²) in [6.07, 6.45) is 1.54. The van der Waals surface area contributed by atoms with Crippen molar-refractivity contribution in [2.75, 3.05) is 13.7 Å². The van der Waals surface area contributed by atoms with E-state index >= 15 is 0 Å². The number of sulfonamides is 1. The monoisotopic (exact) mass is 327 g/mol. The molecule has 0 fully saturated rings. The van der Waals surface area contributed by atoms with Crippen LogP contribution in [0.5, 0.6) is 5.75 Å². The number of nitrogens with one attached hydrogen (secondary N) is 1. The molecule has 0 aliphatic heterocycles. The first-order chi connectivity index (χ1) is 11.1. The van der Waals surface area contributed by atoms with E-state index < -0.39 is 10.0 Å². The third-order valence-electron chi connectivity index (χ3n) is 2.92. The van der Waals surface area contributed by atoms with Crippen LogP contribution in [0.3, 0.4) is 0 Å². The van der Waals surface area contributed by atoms with Gasteiger partial charge < -0.3 is 4.74 Å². The highest BCUT2D eigenvalue weighted by atomic mass is 32.2. The lowest BCUT2D eigenvalue weighted by molar-refractivity contribution is 0.415. The van der Waals surface area contributed by atoms with Gasteiger partial charge in [0.1, 0.15) is 5.75 Å². The Kier molecular flexibility index (Phi) is 5.98. The molecule has 2 aromatic rings. The molecule has 4 nitrogen and oxygen atoms in total. The Balaban J connectivity index is 1.90. The van der Waals surface area contributed by atoms with Gasteiger partial charge >= 0.3 is 0 Å². The molecule has 0 amide bonds. The molecule has 2 aromatic carbocycles. The van der Waals surface area contributed by atoms with E-state index in [9.17, 15) is 8.42 Å². The maximum Gasteiger partial charge on any atom is 0.234 e. The van der Waals surface area contributed by atoms with Gasteiger partial charge in [0.2, 0.25) is 10.0 Å². The molecule has 5 heteroatoms. The molecule has 0 atom stereocenters. The number of methoxy groups -OCH3 is 1.